The highest BCUT2D eigenvalue weighted by atomic mass is 32.2. The third kappa shape index (κ3) is 4.11. The molecule has 0 spiro atoms. The molecule has 1 aliphatic rings. The van der Waals surface area contributed by atoms with Crippen LogP contribution in [0.2, 0.25) is 0 Å². The van der Waals surface area contributed by atoms with Gasteiger partial charge < -0.3 is 14.0 Å². The summed E-state index contributed by atoms with van der Waals surface area (Å²) in [6, 6.07) is 7.98. The molecule has 8 heteroatoms. The van der Waals surface area contributed by atoms with Crippen LogP contribution >= 0.6 is 0 Å². The van der Waals surface area contributed by atoms with Gasteiger partial charge in [-0.3, -0.25) is 4.79 Å². The van der Waals surface area contributed by atoms with Crippen LogP contribution in [0, 0.1) is 13.8 Å². The van der Waals surface area contributed by atoms with Crippen LogP contribution in [0.5, 0.6) is 5.75 Å². The minimum atomic E-state index is -3.03. The van der Waals surface area contributed by atoms with Gasteiger partial charge in [-0.05, 0) is 50.6 Å². The first-order valence-electron chi connectivity index (χ1n) is 8.95. The van der Waals surface area contributed by atoms with Gasteiger partial charge in [-0.25, -0.2) is 13.2 Å². The third-order valence-electron chi connectivity index (χ3n) is 5.02. The number of rotatable bonds is 6. The van der Waals surface area contributed by atoms with Crippen molar-refractivity contribution in [2.24, 2.45) is 0 Å². The first-order chi connectivity index (χ1) is 13.2. The zero-order valence-electron chi connectivity index (χ0n) is 16.1. The highest BCUT2D eigenvalue weighted by Gasteiger charge is 2.31. The molecule has 0 saturated carbocycles. The van der Waals surface area contributed by atoms with E-state index >= 15 is 0 Å². The van der Waals surface area contributed by atoms with Gasteiger partial charge in [0.2, 0.25) is 5.78 Å². The van der Waals surface area contributed by atoms with Gasteiger partial charge in [0, 0.05) is 23.0 Å². The lowest BCUT2D eigenvalue weighted by molar-refractivity contribution is 0.0474. The molecule has 0 aliphatic carbocycles. The largest absolute Gasteiger partial charge is 0.497 e. The number of carbonyl (C=O) groups is 2. The van der Waals surface area contributed by atoms with Gasteiger partial charge in [-0.15, -0.1) is 0 Å². The van der Waals surface area contributed by atoms with Crippen molar-refractivity contribution in [1.82, 2.24) is 4.57 Å². The van der Waals surface area contributed by atoms with Crippen LogP contribution in [0.3, 0.4) is 0 Å². The van der Waals surface area contributed by atoms with Gasteiger partial charge in [0.25, 0.3) is 0 Å². The molecule has 1 unspecified atom stereocenters. The molecule has 7 nitrogen and oxygen atoms in total. The van der Waals surface area contributed by atoms with Crippen molar-refractivity contribution in [1.29, 1.82) is 0 Å². The lowest BCUT2D eigenvalue weighted by Gasteiger charge is -2.16. The van der Waals surface area contributed by atoms with Crippen molar-refractivity contribution in [2.45, 2.75) is 26.3 Å². The average Bonchev–Trinajstić information content (AvgIpc) is 3.17. The lowest BCUT2D eigenvalue weighted by atomic mass is 10.1. The number of carbonyl (C=O) groups excluding carboxylic acids is 2. The summed E-state index contributed by atoms with van der Waals surface area (Å²) in [5.74, 6) is -0.0382. The van der Waals surface area contributed by atoms with Crippen molar-refractivity contribution in [3.05, 3.63) is 52.8 Å². The standard InChI is InChI=1S/C20H23NO6S/c1-13-10-18(14(2)21(13)16-8-9-28(24,25)12-16)19(22)11-27-20(23)15-4-6-17(26-3)7-5-15/h4-7,10,16H,8-9,11-12H2,1-3H3. The van der Waals surface area contributed by atoms with Crippen molar-refractivity contribution < 1.29 is 27.5 Å². The number of hydrogen-bond donors (Lipinski definition) is 0. The van der Waals surface area contributed by atoms with E-state index in [1.165, 1.54) is 7.11 Å². The van der Waals surface area contributed by atoms with Gasteiger partial charge in [-0.2, -0.15) is 0 Å². The summed E-state index contributed by atoms with van der Waals surface area (Å²) in [7, 11) is -1.50. The van der Waals surface area contributed by atoms with E-state index < -0.39 is 15.8 Å². The summed E-state index contributed by atoms with van der Waals surface area (Å²) >= 11 is 0. The van der Waals surface area contributed by atoms with Gasteiger partial charge >= 0.3 is 5.97 Å². The van der Waals surface area contributed by atoms with Crippen LogP contribution in [0.4, 0.5) is 0 Å². The molecule has 1 aromatic carbocycles. The molecular formula is C20H23NO6S. The average molecular weight is 405 g/mol. The molecule has 1 saturated heterocycles. The number of methoxy groups -OCH3 is 1. The number of benzene rings is 1. The maximum absolute atomic E-state index is 12.6. The number of ether oxygens (including phenoxy) is 2. The van der Waals surface area contributed by atoms with Crippen molar-refractivity contribution >= 4 is 21.6 Å². The Hall–Kier alpha value is -2.61. The molecule has 1 aliphatic heterocycles. The zero-order valence-corrected chi connectivity index (χ0v) is 16.9. The minimum absolute atomic E-state index is 0.0868. The second-order valence-corrected chi connectivity index (χ2v) is 9.17. The number of Topliss-reactive ketones (excluding diaryl/α,β-unsaturated/α-hetero) is 1. The molecule has 2 heterocycles. The fourth-order valence-corrected chi connectivity index (χ4v) is 5.32. The molecule has 2 aromatic rings. The fraction of sp³-hybridized carbons (Fsp3) is 0.400. The summed E-state index contributed by atoms with van der Waals surface area (Å²) in [6.45, 7) is 3.26. The molecule has 0 bridgehead atoms. The Balaban J connectivity index is 1.69. The van der Waals surface area contributed by atoms with Gasteiger partial charge in [0.05, 0.1) is 24.2 Å². The van der Waals surface area contributed by atoms with E-state index in [9.17, 15) is 18.0 Å². The minimum Gasteiger partial charge on any atom is -0.497 e. The van der Waals surface area contributed by atoms with Crippen LogP contribution in [0.15, 0.2) is 30.3 Å². The molecule has 0 amide bonds. The van der Waals surface area contributed by atoms with Crippen molar-refractivity contribution in [2.75, 3.05) is 25.2 Å². The molecule has 0 radical (unpaired) electrons. The first kappa shape index (κ1) is 20.1. The third-order valence-corrected chi connectivity index (χ3v) is 6.77. The summed E-state index contributed by atoms with van der Waals surface area (Å²) in [6.07, 6.45) is 0.540. The van der Waals surface area contributed by atoms with E-state index in [1.807, 2.05) is 11.5 Å². The molecular weight excluding hydrogens is 382 g/mol. The van der Waals surface area contributed by atoms with Crippen molar-refractivity contribution in [3.63, 3.8) is 0 Å². The van der Waals surface area contributed by atoms with Gasteiger partial charge in [0.15, 0.2) is 16.4 Å². The number of esters is 1. The Morgan fingerprint density at radius 3 is 2.43 bits per heavy atom. The van der Waals surface area contributed by atoms with E-state index in [0.29, 0.717) is 29.0 Å². The van der Waals surface area contributed by atoms with Crippen LogP contribution in [0.25, 0.3) is 0 Å². The first-order valence-corrected chi connectivity index (χ1v) is 10.8. The highest BCUT2D eigenvalue weighted by molar-refractivity contribution is 7.91. The van der Waals surface area contributed by atoms with E-state index in [-0.39, 0.29) is 29.9 Å². The Kier molecular flexibility index (Phi) is 5.60. The molecule has 150 valence electrons. The molecule has 1 atom stereocenters. The summed E-state index contributed by atoms with van der Waals surface area (Å²) < 4.78 is 35.7. The maximum Gasteiger partial charge on any atom is 0.338 e. The van der Waals surface area contributed by atoms with E-state index in [1.54, 1.807) is 37.3 Å². The quantitative estimate of drug-likeness (QED) is 0.542. The molecule has 28 heavy (non-hydrogen) atoms. The monoisotopic (exact) mass is 405 g/mol. The van der Waals surface area contributed by atoms with E-state index in [4.69, 9.17) is 9.47 Å². The van der Waals surface area contributed by atoms with Crippen LogP contribution in [-0.4, -0.2) is 50.0 Å². The molecule has 0 N–H and O–H groups in total. The maximum atomic E-state index is 12.6. The van der Waals surface area contributed by atoms with Gasteiger partial charge in [-0.1, -0.05) is 0 Å². The number of hydrogen-bond acceptors (Lipinski definition) is 6. The molecule has 1 fully saturated rings. The Morgan fingerprint density at radius 2 is 1.86 bits per heavy atom. The zero-order chi connectivity index (χ0) is 20.5. The van der Waals surface area contributed by atoms with Crippen molar-refractivity contribution in [3.8, 4) is 5.75 Å². The predicted molar refractivity (Wildman–Crippen MR) is 104 cm³/mol. The van der Waals surface area contributed by atoms with Crippen LogP contribution in [-0.2, 0) is 14.6 Å². The second-order valence-electron chi connectivity index (χ2n) is 6.94. The predicted octanol–water partition coefficient (Wildman–Crippen LogP) is 2.51. The SMILES string of the molecule is COc1ccc(C(=O)OCC(=O)c2cc(C)n(C3CCS(=O)(=O)C3)c2C)cc1. The number of sulfone groups is 1. The Labute approximate surface area is 164 Å². The van der Waals surface area contributed by atoms with Crippen LogP contribution in [0.1, 0.15) is 44.6 Å². The van der Waals surface area contributed by atoms with E-state index in [2.05, 4.69) is 0 Å². The van der Waals surface area contributed by atoms with Crippen LogP contribution < -0.4 is 4.74 Å². The van der Waals surface area contributed by atoms with E-state index in [0.717, 1.165) is 5.69 Å². The molecule has 3 rings (SSSR count). The summed E-state index contributed by atoms with van der Waals surface area (Å²) in [4.78, 5) is 24.7. The fourth-order valence-electron chi connectivity index (χ4n) is 3.62. The number of nitrogens with zero attached hydrogens (tertiary/aromatic N) is 1. The Morgan fingerprint density at radius 1 is 1.18 bits per heavy atom. The highest BCUT2D eigenvalue weighted by Crippen LogP contribution is 2.29. The Bertz CT molecular complexity index is 1000. The summed E-state index contributed by atoms with van der Waals surface area (Å²) in [5.41, 5.74) is 2.30. The van der Waals surface area contributed by atoms with Gasteiger partial charge in [0.1, 0.15) is 5.75 Å². The smallest absolute Gasteiger partial charge is 0.338 e. The number of aromatic nitrogens is 1. The summed E-state index contributed by atoms with van der Waals surface area (Å²) in [5, 5.41) is 0. The number of aryl methyl sites for hydroxylation is 1. The lowest BCUT2D eigenvalue weighted by Crippen LogP contribution is -2.17. The second kappa shape index (κ2) is 7.79. The number of ketones is 1. The normalized spacial score (nSPS) is 18.0. The molecule has 1 aromatic heterocycles. The topological polar surface area (TPSA) is 91.7 Å².